The predicted octanol–water partition coefficient (Wildman–Crippen LogP) is 6.04. The minimum atomic E-state index is -0.832. The molecule has 2 N–H and O–H groups in total. The van der Waals surface area contributed by atoms with Crippen LogP contribution in [-0.2, 0) is 17.8 Å². The molecule has 1 aliphatic heterocycles. The predicted molar refractivity (Wildman–Crippen MR) is 144 cm³/mol. The number of pyridine rings is 1. The molecule has 186 valence electrons. The summed E-state index contributed by atoms with van der Waals surface area (Å²) in [7, 11) is 1.64. The van der Waals surface area contributed by atoms with Crippen LogP contribution in [0, 0.1) is 13.8 Å². The second-order valence-corrected chi connectivity index (χ2v) is 10.4. The standard InChI is InChI=1S/C24H24N2O3S.C4H10O/c1-14-5-7-16(8-6-14)20-10-21-23-17(9-18(29-3)12-25-23)13-26(30-4)24(21)15(2)19(20)11-22(27)28;1-4(2,3)5/h5-10,12H,11,13H2,1-4H3,(H,27,28);5H,1-3H3. The Hall–Kier alpha value is -3.03. The molecule has 1 aliphatic rings. The second-order valence-electron chi connectivity index (χ2n) is 9.63. The van der Waals surface area contributed by atoms with E-state index >= 15 is 0 Å². The van der Waals surface area contributed by atoms with Crippen LogP contribution in [0.2, 0.25) is 0 Å². The van der Waals surface area contributed by atoms with Gasteiger partial charge in [-0.2, -0.15) is 0 Å². The van der Waals surface area contributed by atoms with Crippen molar-refractivity contribution < 1.29 is 19.7 Å². The van der Waals surface area contributed by atoms with Gasteiger partial charge >= 0.3 is 5.97 Å². The third kappa shape index (κ3) is 6.35. The number of aromatic nitrogens is 1. The number of benzene rings is 2. The maximum atomic E-state index is 11.7. The first kappa shape index (κ1) is 26.6. The van der Waals surface area contributed by atoms with Gasteiger partial charge in [0, 0.05) is 17.4 Å². The molecule has 2 heterocycles. The Morgan fingerprint density at radius 3 is 2.31 bits per heavy atom. The smallest absolute Gasteiger partial charge is 0.307 e. The van der Waals surface area contributed by atoms with Crippen molar-refractivity contribution in [2.24, 2.45) is 0 Å². The number of aliphatic hydroxyl groups is 1. The molecule has 6 nitrogen and oxygen atoms in total. The number of aliphatic carboxylic acids is 1. The van der Waals surface area contributed by atoms with E-state index in [9.17, 15) is 9.90 Å². The maximum Gasteiger partial charge on any atom is 0.307 e. The number of rotatable bonds is 5. The van der Waals surface area contributed by atoms with Crippen LogP contribution in [0.1, 0.15) is 43.0 Å². The zero-order chi connectivity index (χ0) is 25.9. The maximum absolute atomic E-state index is 11.7. The largest absolute Gasteiger partial charge is 0.495 e. The highest BCUT2D eigenvalue weighted by Gasteiger charge is 2.29. The zero-order valence-electron chi connectivity index (χ0n) is 21.5. The lowest BCUT2D eigenvalue weighted by Gasteiger charge is -2.33. The molecule has 0 radical (unpaired) electrons. The average Bonchev–Trinajstić information content (AvgIpc) is 2.78. The monoisotopic (exact) mass is 494 g/mol. The van der Waals surface area contributed by atoms with Crippen molar-refractivity contribution in [2.75, 3.05) is 17.7 Å². The molecule has 1 aromatic heterocycles. The number of aryl methyl sites for hydroxylation is 1. The molecule has 0 spiro atoms. The summed E-state index contributed by atoms with van der Waals surface area (Å²) < 4.78 is 7.58. The van der Waals surface area contributed by atoms with Crippen LogP contribution in [0.4, 0.5) is 5.69 Å². The highest BCUT2D eigenvalue weighted by molar-refractivity contribution is 7.99. The van der Waals surface area contributed by atoms with Gasteiger partial charge in [-0.3, -0.25) is 9.78 Å². The van der Waals surface area contributed by atoms with Crippen molar-refractivity contribution in [3.05, 3.63) is 64.8 Å². The second kappa shape index (κ2) is 10.7. The summed E-state index contributed by atoms with van der Waals surface area (Å²) in [5, 5.41) is 18.1. The van der Waals surface area contributed by atoms with E-state index in [1.807, 2.05) is 26.2 Å². The molecule has 0 aliphatic carbocycles. The van der Waals surface area contributed by atoms with Crippen molar-refractivity contribution >= 4 is 23.6 Å². The van der Waals surface area contributed by atoms with Crippen LogP contribution in [-0.4, -0.2) is 40.1 Å². The number of methoxy groups -OCH3 is 1. The molecule has 0 amide bonds. The number of ether oxygens (including phenoxy) is 1. The van der Waals surface area contributed by atoms with Crippen molar-refractivity contribution in [3.63, 3.8) is 0 Å². The molecule has 0 unspecified atom stereocenters. The number of carboxylic acids is 1. The summed E-state index contributed by atoms with van der Waals surface area (Å²) in [6.45, 7) is 9.98. The van der Waals surface area contributed by atoms with E-state index in [1.54, 1.807) is 46.0 Å². The molecule has 0 atom stereocenters. The van der Waals surface area contributed by atoms with Crippen molar-refractivity contribution in [2.45, 2.75) is 53.2 Å². The van der Waals surface area contributed by atoms with Gasteiger partial charge in [0.2, 0.25) is 0 Å². The number of hydrogen-bond donors (Lipinski definition) is 2. The number of fused-ring (bicyclic) bond motifs is 3. The molecule has 7 heteroatoms. The van der Waals surface area contributed by atoms with Gasteiger partial charge in [0.05, 0.1) is 43.3 Å². The third-order valence-electron chi connectivity index (χ3n) is 5.58. The highest BCUT2D eigenvalue weighted by Crippen LogP contribution is 2.47. The van der Waals surface area contributed by atoms with Gasteiger partial charge in [-0.1, -0.05) is 41.8 Å². The average molecular weight is 495 g/mol. The third-order valence-corrected chi connectivity index (χ3v) is 6.34. The topological polar surface area (TPSA) is 82.9 Å². The van der Waals surface area contributed by atoms with Crippen LogP contribution >= 0.6 is 11.9 Å². The van der Waals surface area contributed by atoms with E-state index in [-0.39, 0.29) is 6.42 Å². The van der Waals surface area contributed by atoms with Gasteiger partial charge in [0.15, 0.2) is 0 Å². The molecule has 0 fully saturated rings. The van der Waals surface area contributed by atoms with Crippen molar-refractivity contribution in [3.8, 4) is 28.1 Å². The molecular weight excluding hydrogens is 460 g/mol. The van der Waals surface area contributed by atoms with E-state index < -0.39 is 11.6 Å². The Labute approximate surface area is 212 Å². The summed E-state index contributed by atoms with van der Waals surface area (Å²) in [6.07, 6.45) is 3.75. The van der Waals surface area contributed by atoms with E-state index in [0.717, 1.165) is 50.5 Å². The highest BCUT2D eigenvalue weighted by atomic mass is 32.2. The molecule has 3 aromatic rings. The SMILES string of the molecule is CC(C)(C)O.COc1cnc2c(c1)CN(SC)c1c-2cc(-c2ccc(C)cc2)c(CC(=O)O)c1C. The van der Waals surface area contributed by atoms with Gasteiger partial charge in [0.25, 0.3) is 0 Å². The number of carboxylic acid groups (broad SMARTS) is 1. The summed E-state index contributed by atoms with van der Waals surface area (Å²) >= 11 is 1.63. The molecule has 2 aromatic carbocycles. The fraction of sp³-hybridized carbons (Fsp3) is 0.357. The molecule has 0 saturated heterocycles. The molecule has 35 heavy (non-hydrogen) atoms. The van der Waals surface area contributed by atoms with Gasteiger partial charge in [-0.05, 0) is 69.0 Å². The lowest BCUT2D eigenvalue weighted by molar-refractivity contribution is -0.136. The molecule has 4 rings (SSSR count). The number of nitrogens with zero attached hydrogens (tertiary/aromatic N) is 2. The first-order valence-corrected chi connectivity index (χ1v) is 12.6. The number of anilines is 1. The number of hydrogen-bond acceptors (Lipinski definition) is 6. The Morgan fingerprint density at radius 2 is 1.77 bits per heavy atom. The van der Waals surface area contributed by atoms with Crippen molar-refractivity contribution in [1.29, 1.82) is 0 Å². The summed E-state index contributed by atoms with van der Waals surface area (Å²) in [6, 6.07) is 12.4. The van der Waals surface area contributed by atoms with Crippen LogP contribution in [0.3, 0.4) is 0 Å². The van der Waals surface area contributed by atoms with Gasteiger partial charge in [-0.15, -0.1) is 0 Å². The Balaban J connectivity index is 0.000000623. The fourth-order valence-electron chi connectivity index (χ4n) is 4.07. The minimum absolute atomic E-state index is 0.0204. The van der Waals surface area contributed by atoms with Crippen LogP contribution < -0.4 is 9.04 Å². The Bertz CT molecular complexity index is 1210. The van der Waals surface area contributed by atoms with Gasteiger partial charge in [-0.25, -0.2) is 0 Å². The molecular formula is C28H34N2O4S. The first-order valence-electron chi connectivity index (χ1n) is 11.5. The summed E-state index contributed by atoms with van der Waals surface area (Å²) in [5.74, 6) is -0.0996. The van der Waals surface area contributed by atoms with Crippen LogP contribution in [0.15, 0.2) is 42.6 Å². The number of carbonyl (C=O) groups is 1. The lowest BCUT2D eigenvalue weighted by atomic mass is 9.86. The lowest BCUT2D eigenvalue weighted by Crippen LogP contribution is -2.22. The molecule has 0 bridgehead atoms. The normalized spacial score (nSPS) is 12.3. The van der Waals surface area contributed by atoms with E-state index in [4.69, 9.17) is 14.8 Å². The van der Waals surface area contributed by atoms with E-state index in [2.05, 4.69) is 34.6 Å². The summed E-state index contributed by atoms with van der Waals surface area (Å²) in [5.41, 5.74) is 8.55. The minimum Gasteiger partial charge on any atom is -0.495 e. The van der Waals surface area contributed by atoms with Gasteiger partial charge in [0.1, 0.15) is 5.75 Å². The molecule has 0 saturated carbocycles. The Kier molecular flexibility index (Phi) is 8.13. The fourth-order valence-corrected chi connectivity index (χ4v) is 4.76. The quantitative estimate of drug-likeness (QED) is 0.418. The van der Waals surface area contributed by atoms with Crippen molar-refractivity contribution in [1.82, 2.24) is 4.98 Å². The zero-order valence-corrected chi connectivity index (χ0v) is 22.3. The van der Waals surface area contributed by atoms with E-state index in [0.29, 0.717) is 6.54 Å². The van der Waals surface area contributed by atoms with E-state index in [1.165, 1.54) is 5.56 Å². The Morgan fingerprint density at radius 1 is 1.14 bits per heavy atom. The van der Waals surface area contributed by atoms with Crippen LogP contribution in [0.25, 0.3) is 22.4 Å². The summed E-state index contributed by atoms with van der Waals surface area (Å²) in [4.78, 5) is 16.4. The van der Waals surface area contributed by atoms with Crippen LogP contribution in [0.5, 0.6) is 5.75 Å². The first-order chi connectivity index (χ1) is 16.4. The van der Waals surface area contributed by atoms with Gasteiger partial charge < -0.3 is 19.3 Å².